The number of nitrogens with zero attached hydrogens (tertiary/aromatic N) is 2. The smallest absolute Gasteiger partial charge is 0.106 e. The Morgan fingerprint density at radius 1 is 1.28 bits per heavy atom. The first-order valence-corrected chi connectivity index (χ1v) is 7.05. The molecule has 4 heteroatoms. The number of nitriles is 1. The fraction of sp³-hybridized carbons (Fsp3) is 0.929. The predicted octanol–water partition coefficient (Wildman–Crippen LogP) is 2.02. The van der Waals surface area contributed by atoms with Gasteiger partial charge in [0.05, 0.1) is 12.7 Å². The summed E-state index contributed by atoms with van der Waals surface area (Å²) in [5, 5.41) is 12.7. The lowest BCUT2D eigenvalue weighted by atomic mass is 9.92. The van der Waals surface area contributed by atoms with E-state index in [1.165, 1.54) is 0 Å². The Balaban J connectivity index is 4.08. The molecule has 0 aliphatic heterocycles. The summed E-state index contributed by atoms with van der Waals surface area (Å²) in [5.41, 5.74) is -0.338. The molecule has 4 nitrogen and oxygen atoms in total. The van der Waals surface area contributed by atoms with E-state index in [1.54, 1.807) is 7.11 Å². The minimum absolute atomic E-state index is 0.338. The molecule has 1 atom stereocenters. The van der Waals surface area contributed by atoms with Crippen LogP contribution in [0.3, 0.4) is 0 Å². The molecule has 1 N–H and O–H groups in total. The lowest BCUT2D eigenvalue weighted by Gasteiger charge is -2.27. The van der Waals surface area contributed by atoms with E-state index in [0.29, 0.717) is 0 Å². The molecule has 0 aromatic heterocycles. The lowest BCUT2D eigenvalue weighted by molar-refractivity contribution is 0.148. The molecular weight excluding hydrogens is 226 g/mol. The maximum Gasteiger partial charge on any atom is 0.106 e. The molecule has 0 amide bonds. The van der Waals surface area contributed by atoms with Gasteiger partial charge in [-0.1, -0.05) is 20.8 Å². The standard InChI is InChI=1S/C14H29N3O/c1-5-14(13-15,16-6-2)9-8-10-17(7-3)11-12-18-4/h16H,5-12H2,1-4H3. The SMILES string of the molecule is CCNC(C#N)(CC)CCCN(CC)CCOC. The van der Waals surface area contributed by atoms with E-state index in [1.807, 2.05) is 0 Å². The Kier molecular flexibility index (Phi) is 9.95. The highest BCUT2D eigenvalue weighted by atomic mass is 16.5. The van der Waals surface area contributed by atoms with Crippen LogP contribution in [0.25, 0.3) is 0 Å². The Bertz CT molecular complexity index is 240. The van der Waals surface area contributed by atoms with Gasteiger partial charge in [0.25, 0.3) is 0 Å². The number of hydrogen-bond acceptors (Lipinski definition) is 4. The zero-order valence-corrected chi connectivity index (χ0v) is 12.5. The molecule has 18 heavy (non-hydrogen) atoms. The van der Waals surface area contributed by atoms with Gasteiger partial charge in [-0.05, 0) is 38.9 Å². The van der Waals surface area contributed by atoms with Gasteiger partial charge in [-0.15, -0.1) is 0 Å². The van der Waals surface area contributed by atoms with Crippen LogP contribution < -0.4 is 5.32 Å². The fourth-order valence-electron chi connectivity index (χ4n) is 2.16. The van der Waals surface area contributed by atoms with Gasteiger partial charge in [-0.25, -0.2) is 0 Å². The minimum atomic E-state index is -0.338. The highest BCUT2D eigenvalue weighted by molar-refractivity contribution is 5.05. The van der Waals surface area contributed by atoms with Gasteiger partial charge < -0.3 is 9.64 Å². The Hall–Kier alpha value is -0.630. The van der Waals surface area contributed by atoms with Crippen molar-refractivity contribution in [2.45, 2.75) is 45.6 Å². The third kappa shape index (κ3) is 6.34. The largest absolute Gasteiger partial charge is 0.383 e. The number of ether oxygens (including phenoxy) is 1. The normalized spacial score (nSPS) is 14.4. The average Bonchev–Trinajstić information content (AvgIpc) is 2.41. The first-order chi connectivity index (χ1) is 8.67. The lowest BCUT2D eigenvalue weighted by Crippen LogP contribution is -2.44. The van der Waals surface area contributed by atoms with Crippen molar-refractivity contribution in [3.8, 4) is 6.07 Å². The Morgan fingerprint density at radius 2 is 2.00 bits per heavy atom. The van der Waals surface area contributed by atoms with Gasteiger partial charge >= 0.3 is 0 Å². The first-order valence-electron chi connectivity index (χ1n) is 7.05. The zero-order chi connectivity index (χ0) is 13.9. The van der Waals surface area contributed by atoms with Crippen molar-refractivity contribution in [3.05, 3.63) is 0 Å². The molecule has 1 unspecified atom stereocenters. The molecule has 0 aliphatic carbocycles. The maximum atomic E-state index is 9.33. The quantitative estimate of drug-likeness (QED) is 0.613. The monoisotopic (exact) mass is 255 g/mol. The molecule has 0 saturated heterocycles. The van der Waals surface area contributed by atoms with E-state index in [-0.39, 0.29) is 5.54 Å². The third-order valence-electron chi connectivity index (χ3n) is 3.47. The van der Waals surface area contributed by atoms with Crippen LogP contribution in [0.15, 0.2) is 0 Å². The van der Waals surface area contributed by atoms with Crippen LogP contribution in [0.4, 0.5) is 0 Å². The van der Waals surface area contributed by atoms with Crippen molar-refractivity contribution >= 4 is 0 Å². The molecule has 0 rings (SSSR count). The van der Waals surface area contributed by atoms with Crippen LogP contribution in [-0.4, -0.2) is 50.3 Å². The summed E-state index contributed by atoms with van der Waals surface area (Å²) >= 11 is 0. The molecule has 106 valence electrons. The van der Waals surface area contributed by atoms with Gasteiger partial charge in [0, 0.05) is 13.7 Å². The van der Waals surface area contributed by atoms with E-state index in [2.05, 4.69) is 37.1 Å². The molecule has 0 bridgehead atoms. The van der Waals surface area contributed by atoms with Crippen molar-refractivity contribution in [2.75, 3.05) is 39.9 Å². The van der Waals surface area contributed by atoms with Crippen LogP contribution in [-0.2, 0) is 4.74 Å². The molecule has 0 heterocycles. The molecule has 0 spiro atoms. The van der Waals surface area contributed by atoms with Crippen LogP contribution in [0, 0.1) is 11.3 Å². The number of hydrogen-bond donors (Lipinski definition) is 1. The van der Waals surface area contributed by atoms with E-state index >= 15 is 0 Å². The van der Waals surface area contributed by atoms with Gasteiger partial charge in [-0.3, -0.25) is 5.32 Å². The third-order valence-corrected chi connectivity index (χ3v) is 3.47. The summed E-state index contributed by atoms with van der Waals surface area (Å²) < 4.78 is 5.10. The number of nitrogens with one attached hydrogen (secondary N) is 1. The Labute approximate surface area is 112 Å². The fourth-order valence-corrected chi connectivity index (χ4v) is 2.16. The van der Waals surface area contributed by atoms with Crippen molar-refractivity contribution in [3.63, 3.8) is 0 Å². The first kappa shape index (κ1) is 17.4. The van der Waals surface area contributed by atoms with Gasteiger partial charge in [0.2, 0.25) is 0 Å². The molecule has 0 radical (unpaired) electrons. The predicted molar refractivity (Wildman–Crippen MR) is 75.5 cm³/mol. The second kappa shape index (κ2) is 10.3. The molecular formula is C14H29N3O. The van der Waals surface area contributed by atoms with Crippen LogP contribution in [0.5, 0.6) is 0 Å². The summed E-state index contributed by atoms with van der Waals surface area (Å²) in [7, 11) is 1.73. The summed E-state index contributed by atoms with van der Waals surface area (Å²) in [6, 6.07) is 2.45. The highest BCUT2D eigenvalue weighted by Gasteiger charge is 2.25. The van der Waals surface area contributed by atoms with Crippen LogP contribution >= 0.6 is 0 Å². The molecule has 0 fully saturated rings. The summed E-state index contributed by atoms with van der Waals surface area (Å²) in [6.45, 7) is 11.0. The zero-order valence-electron chi connectivity index (χ0n) is 12.5. The van der Waals surface area contributed by atoms with E-state index in [9.17, 15) is 5.26 Å². The van der Waals surface area contributed by atoms with Crippen molar-refractivity contribution in [1.29, 1.82) is 5.26 Å². The second-order valence-electron chi connectivity index (χ2n) is 4.61. The maximum absolute atomic E-state index is 9.33. The van der Waals surface area contributed by atoms with Crippen molar-refractivity contribution in [2.24, 2.45) is 0 Å². The number of rotatable bonds is 11. The molecule has 0 aromatic carbocycles. The van der Waals surface area contributed by atoms with Gasteiger partial charge in [0.1, 0.15) is 5.54 Å². The number of likely N-dealkylation sites (N-methyl/N-ethyl adjacent to an activating group) is 1. The molecule has 0 aromatic rings. The van der Waals surface area contributed by atoms with E-state index in [0.717, 1.165) is 52.0 Å². The van der Waals surface area contributed by atoms with Gasteiger partial charge in [-0.2, -0.15) is 5.26 Å². The van der Waals surface area contributed by atoms with Crippen LogP contribution in [0.2, 0.25) is 0 Å². The van der Waals surface area contributed by atoms with Crippen molar-refractivity contribution < 1.29 is 4.74 Å². The summed E-state index contributed by atoms with van der Waals surface area (Å²) in [6.07, 6.45) is 2.82. The Morgan fingerprint density at radius 3 is 2.44 bits per heavy atom. The molecule has 0 saturated carbocycles. The van der Waals surface area contributed by atoms with E-state index in [4.69, 9.17) is 4.74 Å². The minimum Gasteiger partial charge on any atom is -0.383 e. The summed E-state index contributed by atoms with van der Waals surface area (Å²) in [5.74, 6) is 0. The molecule has 0 aliphatic rings. The van der Waals surface area contributed by atoms with Gasteiger partial charge in [0.15, 0.2) is 0 Å². The topological polar surface area (TPSA) is 48.3 Å². The van der Waals surface area contributed by atoms with E-state index < -0.39 is 0 Å². The second-order valence-corrected chi connectivity index (χ2v) is 4.61. The average molecular weight is 255 g/mol. The highest BCUT2D eigenvalue weighted by Crippen LogP contribution is 2.16. The number of methoxy groups -OCH3 is 1. The van der Waals surface area contributed by atoms with Crippen LogP contribution in [0.1, 0.15) is 40.0 Å². The van der Waals surface area contributed by atoms with Crippen molar-refractivity contribution in [1.82, 2.24) is 10.2 Å². The summed E-state index contributed by atoms with van der Waals surface area (Å²) in [4.78, 5) is 2.37.